The summed E-state index contributed by atoms with van der Waals surface area (Å²) < 4.78 is 4.97. The van der Waals surface area contributed by atoms with E-state index in [-0.39, 0.29) is 25.1 Å². The molecule has 18 heavy (non-hydrogen) atoms. The molecule has 0 fully saturated rings. The van der Waals surface area contributed by atoms with Crippen LogP contribution < -0.4 is 5.46 Å². The summed E-state index contributed by atoms with van der Waals surface area (Å²) in [6.07, 6.45) is 0.104. The molecule has 1 aliphatic heterocycles. The zero-order chi connectivity index (χ0) is 13.3. The Hall–Kier alpha value is -1.93. The number of rotatable bonds is 4. The van der Waals surface area contributed by atoms with Crippen molar-refractivity contribution < 1.29 is 24.5 Å². The lowest BCUT2D eigenvalue weighted by Crippen LogP contribution is -2.32. The maximum Gasteiger partial charge on any atom is 0.492 e. The van der Waals surface area contributed by atoms with Gasteiger partial charge in [0.1, 0.15) is 0 Å². The van der Waals surface area contributed by atoms with Gasteiger partial charge >= 0.3 is 13.1 Å². The van der Waals surface area contributed by atoms with Gasteiger partial charge in [0, 0.05) is 12.5 Å². The highest BCUT2D eigenvalue weighted by atomic mass is 16.6. The SMILES string of the molecule is O=C(O)CCc1ccc([N+](=O)[O-])c2c1B(O)OC2. The Balaban J connectivity index is 2.41. The van der Waals surface area contributed by atoms with Gasteiger partial charge in [0.05, 0.1) is 17.1 Å². The molecule has 0 spiro atoms. The molecule has 1 aromatic carbocycles. The number of aliphatic carboxylic acids is 1. The van der Waals surface area contributed by atoms with Crippen LogP contribution in [0, 0.1) is 10.1 Å². The Labute approximate surface area is 102 Å². The van der Waals surface area contributed by atoms with Gasteiger partial charge in [-0.2, -0.15) is 0 Å². The molecule has 0 aromatic heterocycles. The van der Waals surface area contributed by atoms with Crippen LogP contribution in [-0.2, 0) is 22.5 Å². The van der Waals surface area contributed by atoms with Crippen LogP contribution in [0.2, 0.25) is 0 Å². The molecule has 7 nitrogen and oxygen atoms in total. The van der Waals surface area contributed by atoms with Gasteiger partial charge in [0.2, 0.25) is 0 Å². The first-order valence-corrected chi connectivity index (χ1v) is 5.31. The van der Waals surface area contributed by atoms with E-state index in [2.05, 4.69) is 0 Å². The topological polar surface area (TPSA) is 110 Å². The van der Waals surface area contributed by atoms with Crippen molar-refractivity contribution in [2.24, 2.45) is 0 Å². The minimum absolute atomic E-state index is 0.0340. The smallest absolute Gasteiger partial charge is 0.481 e. The van der Waals surface area contributed by atoms with Gasteiger partial charge in [-0.1, -0.05) is 6.07 Å². The molecule has 1 aromatic rings. The molecule has 0 bridgehead atoms. The van der Waals surface area contributed by atoms with Crippen LogP contribution in [-0.4, -0.2) is 28.1 Å². The van der Waals surface area contributed by atoms with Crippen LogP contribution in [0.1, 0.15) is 17.5 Å². The number of aryl methyl sites for hydroxylation is 1. The fraction of sp³-hybridized carbons (Fsp3) is 0.300. The van der Waals surface area contributed by atoms with Crippen LogP contribution in [0.15, 0.2) is 12.1 Å². The second-order valence-electron chi connectivity index (χ2n) is 3.95. The third-order valence-electron chi connectivity index (χ3n) is 2.86. The Morgan fingerprint density at radius 1 is 1.56 bits per heavy atom. The molecule has 1 heterocycles. The molecule has 0 saturated carbocycles. The number of nitro benzene ring substituents is 1. The molecule has 2 rings (SSSR count). The van der Waals surface area contributed by atoms with Gasteiger partial charge in [-0.15, -0.1) is 0 Å². The zero-order valence-electron chi connectivity index (χ0n) is 9.33. The number of nitro groups is 1. The first-order chi connectivity index (χ1) is 8.50. The lowest BCUT2D eigenvalue weighted by molar-refractivity contribution is -0.385. The molecule has 0 aliphatic carbocycles. The van der Waals surface area contributed by atoms with E-state index in [1.807, 2.05) is 0 Å². The molecule has 0 amide bonds. The van der Waals surface area contributed by atoms with Gasteiger partial charge < -0.3 is 14.8 Å². The van der Waals surface area contributed by atoms with Crippen molar-refractivity contribution in [3.05, 3.63) is 33.4 Å². The van der Waals surface area contributed by atoms with Gasteiger partial charge in [0.25, 0.3) is 5.69 Å². The van der Waals surface area contributed by atoms with Crippen LogP contribution >= 0.6 is 0 Å². The molecule has 0 atom stereocenters. The Morgan fingerprint density at radius 2 is 2.28 bits per heavy atom. The van der Waals surface area contributed by atoms with Crippen molar-refractivity contribution >= 4 is 24.2 Å². The number of hydrogen-bond donors (Lipinski definition) is 2. The Bertz CT molecular complexity index is 517. The van der Waals surface area contributed by atoms with E-state index in [4.69, 9.17) is 9.76 Å². The number of fused-ring (bicyclic) bond motifs is 1. The lowest BCUT2D eigenvalue weighted by atomic mass is 9.75. The number of carboxylic acid groups (broad SMARTS) is 1. The molecule has 1 aliphatic rings. The summed E-state index contributed by atoms with van der Waals surface area (Å²) >= 11 is 0. The molecule has 2 N–H and O–H groups in total. The maximum absolute atomic E-state index is 10.8. The number of nitrogens with zero attached hydrogens (tertiary/aromatic N) is 1. The Morgan fingerprint density at radius 3 is 2.89 bits per heavy atom. The van der Waals surface area contributed by atoms with E-state index < -0.39 is 18.0 Å². The summed E-state index contributed by atoms with van der Waals surface area (Å²) in [5, 5.41) is 29.1. The molecule has 0 unspecified atom stereocenters. The van der Waals surface area contributed by atoms with Gasteiger partial charge in [-0.25, -0.2) is 0 Å². The van der Waals surface area contributed by atoms with Crippen molar-refractivity contribution in [2.45, 2.75) is 19.4 Å². The predicted molar refractivity (Wildman–Crippen MR) is 61.4 cm³/mol. The normalized spacial score (nSPS) is 13.5. The zero-order valence-corrected chi connectivity index (χ0v) is 9.33. The fourth-order valence-corrected chi connectivity index (χ4v) is 2.04. The number of carboxylic acids is 1. The maximum atomic E-state index is 10.8. The van der Waals surface area contributed by atoms with Gasteiger partial charge in [-0.05, 0) is 17.4 Å². The van der Waals surface area contributed by atoms with E-state index in [0.717, 1.165) is 0 Å². The summed E-state index contributed by atoms with van der Waals surface area (Å²) in [5.41, 5.74) is 1.13. The van der Waals surface area contributed by atoms with Crippen molar-refractivity contribution in [1.82, 2.24) is 0 Å². The highest BCUT2D eigenvalue weighted by Gasteiger charge is 2.35. The van der Waals surface area contributed by atoms with Gasteiger partial charge in [0.15, 0.2) is 0 Å². The summed E-state index contributed by atoms with van der Waals surface area (Å²) in [4.78, 5) is 20.8. The van der Waals surface area contributed by atoms with Gasteiger partial charge in [-0.3, -0.25) is 14.9 Å². The predicted octanol–water partition coefficient (Wildman–Crippen LogP) is -0.170. The average Bonchev–Trinajstić information content (AvgIpc) is 2.68. The van der Waals surface area contributed by atoms with Crippen molar-refractivity contribution in [3.63, 3.8) is 0 Å². The third-order valence-corrected chi connectivity index (χ3v) is 2.86. The molecule has 0 radical (unpaired) electrons. The lowest BCUT2D eigenvalue weighted by Gasteiger charge is -2.07. The largest absolute Gasteiger partial charge is 0.492 e. The average molecular weight is 251 g/mol. The number of carbonyl (C=O) groups is 1. The minimum Gasteiger partial charge on any atom is -0.481 e. The summed E-state index contributed by atoms with van der Waals surface area (Å²) in [7, 11) is -1.22. The minimum atomic E-state index is -1.22. The second-order valence-corrected chi connectivity index (χ2v) is 3.95. The molecular formula is C10H10BNO6. The molecular weight excluding hydrogens is 241 g/mol. The van der Waals surface area contributed by atoms with Crippen molar-refractivity contribution in [2.75, 3.05) is 0 Å². The van der Waals surface area contributed by atoms with Crippen LogP contribution in [0.3, 0.4) is 0 Å². The summed E-state index contributed by atoms with van der Waals surface area (Å²) in [6.45, 7) is -0.0340. The fourth-order valence-electron chi connectivity index (χ4n) is 2.04. The van der Waals surface area contributed by atoms with Crippen molar-refractivity contribution in [1.29, 1.82) is 0 Å². The first-order valence-electron chi connectivity index (χ1n) is 5.31. The molecule has 0 saturated heterocycles. The summed E-state index contributed by atoms with van der Waals surface area (Å²) in [5.74, 6) is -0.962. The van der Waals surface area contributed by atoms with Crippen molar-refractivity contribution in [3.8, 4) is 0 Å². The number of benzene rings is 1. The van der Waals surface area contributed by atoms with Crippen LogP contribution in [0.4, 0.5) is 5.69 Å². The van der Waals surface area contributed by atoms with E-state index in [9.17, 15) is 19.9 Å². The van der Waals surface area contributed by atoms with E-state index in [0.29, 0.717) is 16.6 Å². The first kappa shape index (κ1) is 12.5. The van der Waals surface area contributed by atoms with E-state index in [1.54, 1.807) is 0 Å². The highest BCUT2D eigenvalue weighted by molar-refractivity contribution is 6.62. The second kappa shape index (κ2) is 4.75. The summed E-state index contributed by atoms with van der Waals surface area (Å²) in [6, 6.07) is 2.79. The standard InChI is InChI=1S/C10H10BNO6/c13-9(14)4-2-6-1-3-8(12(16)17)7-5-18-11(15)10(6)7/h1,3,15H,2,4-5H2,(H,13,14). The third kappa shape index (κ3) is 2.20. The van der Waals surface area contributed by atoms with Crippen LogP contribution in [0.5, 0.6) is 0 Å². The van der Waals surface area contributed by atoms with Crippen LogP contribution in [0.25, 0.3) is 0 Å². The molecule has 94 valence electrons. The quantitative estimate of drug-likeness (QED) is 0.436. The monoisotopic (exact) mass is 251 g/mol. The van der Waals surface area contributed by atoms with E-state index in [1.165, 1.54) is 12.1 Å². The number of hydrogen-bond acceptors (Lipinski definition) is 5. The highest BCUT2D eigenvalue weighted by Crippen LogP contribution is 2.24. The Kier molecular flexibility index (Phi) is 3.31. The van der Waals surface area contributed by atoms with E-state index >= 15 is 0 Å². The molecule has 8 heteroatoms.